The molecule has 0 bridgehead atoms. The van der Waals surface area contributed by atoms with E-state index in [9.17, 15) is 10.1 Å². The van der Waals surface area contributed by atoms with Gasteiger partial charge in [0.2, 0.25) is 0 Å². The Kier molecular flexibility index (Phi) is 4.79. The molecule has 0 saturated heterocycles. The molecule has 5 nitrogen and oxygen atoms in total. The van der Waals surface area contributed by atoms with E-state index in [2.05, 4.69) is 19.2 Å². The Morgan fingerprint density at radius 3 is 2.71 bits per heavy atom. The summed E-state index contributed by atoms with van der Waals surface area (Å²) in [7, 11) is 0. The molecule has 0 radical (unpaired) electrons. The third-order valence-electron chi connectivity index (χ3n) is 4.36. The Hall–Kier alpha value is -2.09. The highest BCUT2D eigenvalue weighted by Crippen LogP contribution is 2.35. The van der Waals surface area contributed by atoms with Gasteiger partial charge in [0.15, 0.2) is 0 Å². The molecule has 2 rings (SSSR count). The van der Waals surface area contributed by atoms with Crippen LogP contribution in [-0.2, 0) is 0 Å². The molecule has 1 aromatic carbocycles. The summed E-state index contributed by atoms with van der Waals surface area (Å²) in [5.74, 6) is 1.06. The third-order valence-corrected chi connectivity index (χ3v) is 4.36. The Labute approximate surface area is 125 Å². The second kappa shape index (κ2) is 6.57. The van der Waals surface area contributed by atoms with Crippen LogP contribution in [0.3, 0.4) is 0 Å². The summed E-state index contributed by atoms with van der Waals surface area (Å²) < 4.78 is 0. The standard InChI is InChI=1S/C16H21N3O2/c1-11(2)13-7-3-4-8-14(13)18-15-9-5-6-12(10-17)16(15)19(20)21/h5-6,9,11,13-14,18H,3-4,7-8H2,1-2H3. The largest absolute Gasteiger partial charge is 0.376 e. The van der Waals surface area contributed by atoms with Gasteiger partial charge in [0, 0.05) is 6.04 Å². The molecule has 1 aliphatic rings. The molecule has 112 valence electrons. The van der Waals surface area contributed by atoms with Crippen molar-refractivity contribution in [2.45, 2.75) is 45.6 Å². The lowest BCUT2D eigenvalue weighted by Gasteiger charge is -2.35. The first-order valence-corrected chi connectivity index (χ1v) is 7.48. The van der Waals surface area contributed by atoms with E-state index in [-0.39, 0.29) is 17.3 Å². The molecule has 1 aromatic rings. The molecule has 1 N–H and O–H groups in total. The van der Waals surface area contributed by atoms with Crippen LogP contribution in [0.1, 0.15) is 45.1 Å². The Balaban J connectivity index is 2.30. The van der Waals surface area contributed by atoms with Gasteiger partial charge < -0.3 is 5.32 Å². The number of anilines is 1. The van der Waals surface area contributed by atoms with Crippen molar-refractivity contribution in [3.63, 3.8) is 0 Å². The van der Waals surface area contributed by atoms with Gasteiger partial charge in [-0.15, -0.1) is 0 Å². The van der Waals surface area contributed by atoms with E-state index >= 15 is 0 Å². The number of benzene rings is 1. The summed E-state index contributed by atoms with van der Waals surface area (Å²) in [6.07, 6.45) is 4.55. The maximum absolute atomic E-state index is 11.3. The van der Waals surface area contributed by atoms with Crippen LogP contribution in [0.25, 0.3) is 0 Å². The minimum atomic E-state index is -0.464. The SMILES string of the molecule is CC(C)C1CCCCC1Nc1cccc(C#N)c1[N+](=O)[O-]. The van der Waals surface area contributed by atoms with Gasteiger partial charge in [-0.05, 0) is 36.8 Å². The van der Waals surface area contributed by atoms with E-state index in [4.69, 9.17) is 5.26 Å². The maximum atomic E-state index is 11.3. The van der Waals surface area contributed by atoms with Crippen LogP contribution in [0.4, 0.5) is 11.4 Å². The monoisotopic (exact) mass is 287 g/mol. The fourth-order valence-corrected chi connectivity index (χ4v) is 3.28. The average Bonchev–Trinajstić information content (AvgIpc) is 2.47. The highest BCUT2D eigenvalue weighted by Gasteiger charge is 2.29. The molecule has 0 spiro atoms. The number of nitro benzene ring substituents is 1. The Morgan fingerprint density at radius 1 is 1.38 bits per heavy atom. The van der Waals surface area contributed by atoms with E-state index in [1.165, 1.54) is 12.5 Å². The van der Waals surface area contributed by atoms with E-state index in [0.717, 1.165) is 19.3 Å². The molecule has 2 unspecified atom stereocenters. The van der Waals surface area contributed by atoms with Gasteiger partial charge in [0.05, 0.1) is 4.92 Å². The molecule has 1 saturated carbocycles. The number of para-hydroxylation sites is 1. The number of nitrogens with one attached hydrogen (secondary N) is 1. The second-order valence-corrected chi connectivity index (χ2v) is 6.01. The van der Waals surface area contributed by atoms with Gasteiger partial charge in [-0.3, -0.25) is 10.1 Å². The molecule has 0 heterocycles. The van der Waals surface area contributed by atoms with Crippen molar-refractivity contribution in [3.8, 4) is 6.07 Å². The van der Waals surface area contributed by atoms with E-state index < -0.39 is 4.92 Å². The van der Waals surface area contributed by atoms with Gasteiger partial charge in [0.25, 0.3) is 0 Å². The van der Waals surface area contributed by atoms with Gasteiger partial charge in [-0.25, -0.2) is 0 Å². The zero-order valence-electron chi connectivity index (χ0n) is 12.5. The van der Waals surface area contributed by atoms with Crippen LogP contribution in [0.15, 0.2) is 18.2 Å². The zero-order valence-corrected chi connectivity index (χ0v) is 12.5. The smallest absolute Gasteiger partial charge is 0.309 e. The first-order valence-electron chi connectivity index (χ1n) is 7.48. The van der Waals surface area contributed by atoms with Crippen molar-refractivity contribution in [1.82, 2.24) is 0 Å². The quantitative estimate of drug-likeness (QED) is 0.668. The maximum Gasteiger partial charge on any atom is 0.309 e. The highest BCUT2D eigenvalue weighted by molar-refractivity contribution is 5.68. The zero-order chi connectivity index (χ0) is 15.4. The van der Waals surface area contributed by atoms with E-state index in [1.54, 1.807) is 12.1 Å². The number of nitro groups is 1. The summed E-state index contributed by atoms with van der Waals surface area (Å²) >= 11 is 0. The van der Waals surface area contributed by atoms with E-state index in [0.29, 0.717) is 17.5 Å². The molecule has 2 atom stereocenters. The van der Waals surface area contributed by atoms with Crippen molar-refractivity contribution in [2.75, 3.05) is 5.32 Å². The molecule has 5 heteroatoms. The molecule has 21 heavy (non-hydrogen) atoms. The number of hydrogen-bond acceptors (Lipinski definition) is 4. The van der Waals surface area contributed by atoms with E-state index in [1.807, 2.05) is 6.07 Å². The lowest BCUT2D eigenvalue weighted by molar-refractivity contribution is -0.384. The van der Waals surface area contributed by atoms with Crippen LogP contribution in [-0.4, -0.2) is 11.0 Å². The third kappa shape index (κ3) is 3.33. The fourth-order valence-electron chi connectivity index (χ4n) is 3.28. The van der Waals surface area contributed by atoms with Crippen LogP contribution in [0.5, 0.6) is 0 Å². The van der Waals surface area contributed by atoms with Crippen LogP contribution < -0.4 is 5.32 Å². The van der Waals surface area contributed by atoms with Crippen LogP contribution in [0, 0.1) is 33.3 Å². The van der Waals surface area contributed by atoms with Crippen LogP contribution in [0.2, 0.25) is 0 Å². The molecular weight excluding hydrogens is 266 g/mol. The Bertz CT molecular complexity index is 563. The van der Waals surface area contributed by atoms with Crippen LogP contribution >= 0.6 is 0 Å². The molecule has 0 amide bonds. The highest BCUT2D eigenvalue weighted by atomic mass is 16.6. The molecule has 0 aliphatic heterocycles. The number of hydrogen-bond donors (Lipinski definition) is 1. The average molecular weight is 287 g/mol. The Morgan fingerprint density at radius 2 is 2.10 bits per heavy atom. The fraction of sp³-hybridized carbons (Fsp3) is 0.562. The van der Waals surface area contributed by atoms with Crippen molar-refractivity contribution >= 4 is 11.4 Å². The first-order chi connectivity index (χ1) is 10.0. The topological polar surface area (TPSA) is 79.0 Å². The molecule has 1 fully saturated rings. The minimum Gasteiger partial charge on any atom is -0.376 e. The van der Waals surface area contributed by atoms with Gasteiger partial charge in [0.1, 0.15) is 17.3 Å². The number of nitriles is 1. The van der Waals surface area contributed by atoms with Gasteiger partial charge in [-0.2, -0.15) is 5.26 Å². The normalized spacial score (nSPS) is 21.8. The number of nitrogens with zero attached hydrogens (tertiary/aromatic N) is 2. The lowest BCUT2D eigenvalue weighted by Crippen LogP contribution is -2.35. The predicted molar refractivity (Wildman–Crippen MR) is 82.0 cm³/mol. The predicted octanol–water partition coefficient (Wildman–Crippen LogP) is 4.09. The van der Waals surface area contributed by atoms with Crippen molar-refractivity contribution < 1.29 is 4.92 Å². The second-order valence-electron chi connectivity index (χ2n) is 6.01. The molecular formula is C16H21N3O2. The van der Waals surface area contributed by atoms with Crippen molar-refractivity contribution in [2.24, 2.45) is 11.8 Å². The summed E-state index contributed by atoms with van der Waals surface area (Å²) in [5.41, 5.74) is 0.478. The first kappa shape index (κ1) is 15.3. The molecule has 0 aromatic heterocycles. The molecule has 1 aliphatic carbocycles. The van der Waals surface area contributed by atoms with Crippen molar-refractivity contribution in [1.29, 1.82) is 5.26 Å². The van der Waals surface area contributed by atoms with Crippen molar-refractivity contribution in [3.05, 3.63) is 33.9 Å². The lowest BCUT2D eigenvalue weighted by atomic mass is 9.77. The number of rotatable bonds is 4. The summed E-state index contributed by atoms with van der Waals surface area (Å²) in [4.78, 5) is 10.8. The van der Waals surface area contributed by atoms with Gasteiger partial charge in [-0.1, -0.05) is 32.8 Å². The summed E-state index contributed by atoms with van der Waals surface area (Å²) in [5, 5.41) is 23.7. The summed E-state index contributed by atoms with van der Waals surface area (Å²) in [6, 6.07) is 7.03. The summed E-state index contributed by atoms with van der Waals surface area (Å²) in [6.45, 7) is 4.40. The minimum absolute atomic E-state index is 0.104. The van der Waals surface area contributed by atoms with Gasteiger partial charge >= 0.3 is 5.69 Å².